The number of unbranched alkanes of at least 4 members (excludes halogenated alkanes) is 5. The summed E-state index contributed by atoms with van der Waals surface area (Å²) in [6, 6.07) is 17.6. The predicted octanol–water partition coefficient (Wildman–Crippen LogP) is 9.79. The minimum Gasteiger partial charge on any atom is -0.550 e. The number of fused-ring (bicyclic) bond motifs is 2. The van der Waals surface area contributed by atoms with Crippen LogP contribution in [0.5, 0.6) is 0 Å². The second-order valence-corrected chi connectivity index (χ2v) is 14.9. The van der Waals surface area contributed by atoms with Crippen LogP contribution in [0.3, 0.4) is 0 Å². The van der Waals surface area contributed by atoms with Gasteiger partial charge in [0.25, 0.3) is 0 Å². The van der Waals surface area contributed by atoms with E-state index < -0.39 is 5.97 Å². The van der Waals surface area contributed by atoms with E-state index in [2.05, 4.69) is 117 Å². The first-order valence-corrected chi connectivity index (χ1v) is 18.2. The van der Waals surface area contributed by atoms with Crippen molar-refractivity contribution in [2.24, 2.45) is 0 Å². The van der Waals surface area contributed by atoms with Crippen LogP contribution in [0.4, 0.5) is 11.4 Å². The molecule has 1 aliphatic carbocycles. The van der Waals surface area contributed by atoms with Gasteiger partial charge in [-0.3, -0.25) is 0 Å². The highest BCUT2D eigenvalue weighted by molar-refractivity contribution is 6.32. The highest BCUT2D eigenvalue weighted by Crippen LogP contribution is 2.48. The molecular formula is C42H53ClN2O2. The van der Waals surface area contributed by atoms with Crippen LogP contribution in [0.2, 0.25) is 0 Å². The summed E-state index contributed by atoms with van der Waals surface area (Å²) < 4.78 is 2.55. The molecule has 0 aromatic heterocycles. The first-order valence-electron chi connectivity index (χ1n) is 17.9. The normalized spacial score (nSPS) is 20.2. The Morgan fingerprint density at radius 2 is 1.60 bits per heavy atom. The third-order valence-corrected chi connectivity index (χ3v) is 10.9. The van der Waals surface area contributed by atoms with Crippen LogP contribution in [0, 0.1) is 0 Å². The van der Waals surface area contributed by atoms with Crippen molar-refractivity contribution in [2.45, 2.75) is 116 Å². The number of hydrogen-bond acceptors (Lipinski definition) is 3. The number of aliphatic carboxylic acids is 1. The maximum absolute atomic E-state index is 10.9. The summed E-state index contributed by atoms with van der Waals surface area (Å²) in [4.78, 5) is 13.3. The van der Waals surface area contributed by atoms with E-state index in [-0.39, 0.29) is 17.3 Å². The van der Waals surface area contributed by atoms with Crippen LogP contribution in [0.25, 0.3) is 0 Å². The Kier molecular flexibility index (Phi) is 11.3. The zero-order valence-electron chi connectivity index (χ0n) is 29.2. The van der Waals surface area contributed by atoms with Crippen LogP contribution < -0.4 is 10.0 Å². The number of nitrogens with zero attached hydrogens (tertiary/aromatic N) is 2. The summed E-state index contributed by atoms with van der Waals surface area (Å²) in [5.74, 6) is -0.966. The van der Waals surface area contributed by atoms with Crippen LogP contribution in [0.1, 0.15) is 116 Å². The molecule has 2 aliphatic heterocycles. The predicted molar refractivity (Wildman–Crippen MR) is 196 cm³/mol. The van der Waals surface area contributed by atoms with Crippen molar-refractivity contribution in [3.05, 3.63) is 106 Å². The van der Waals surface area contributed by atoms with Crippen molar-refractivity contribution >= 4 is 34.7 Å². The van der Waals surface area contributed by atoms with Gasteiger partial charge in [0.2, 0.25) is 5.69 Å². The average Bonchev–Trinajstić information content (AvgIpc) is 3.40. The van der Waals surface area contributed by atoms with Crippen molar-refractivity contribution in [1.82, 2.24) is 0 Å². The first kappa shape index (κ1) is 35.0. The van der Waals surface area contributed by atoms with Crippen molar-refractivity contribution in [1.29, 1.82) is 0 Å². The maximum atomic E-state index is 10.9. The summed E-state index contributed by atoms with van der Waals surface area (Å²) in [6.07, 6.45) is 19.7. The second kappa shape index (κ2) is 15.2. The molecule has 0 bridgehead atoms. The van der Waals surface area contributed by atoms with Gasteiger partial charge in [-0.15, -0.1) is 0 Å². The Balaban J connectivity index is 1.42. The zero-order chi connectivity index (χ0) is 33.6. The summed E-state index contributed by atoms with van der Waals surface area (Å²) in [7, 11) is 0. The van der Waals surface area contributed by atoms with Crippen LogP contribution in [-0.4, -0.2) is 29.3 Å². The van der Waals surface area contributed by atoms with Gasteiger partial charge in [0, 0.05) is 58.5 Å². The van der Waals surface area contributed by atoms with Gasteiger partial charge in [0.05, 0.1) is 5.41 Å². The lowest BCUT2D eigenvalue weighted by molar-refractivity contribution is -0.438. The van der Waals surface area contributed by atoms with Gasteiger partial charge < -0.3 is 14.8 Å². The van der Waals surface area contributed by atoms with Crippen molar-refractivity contribution in [3.8, 4) is 0 Å². The van der Waals surface area contributed by atoms with Crippen LogP contribution in [-0.2, 0) is 15.6 Å². The summed E-state index contributed by atoms with van der Waals surface area (Å²) in [6.45, 7) is 13.5. The number of hydrogen-bond donors (Lipinski definition) is 0. The Morgan fingerprint density at radius 3 is 2.36 bits per heavy atom. The van der Waals surface area contributed by atoms with Gasteiger partial charge in [0.1, 0.15) is 6.54 Å². The highest BCUT2D eigenvalue weighted by Gasteiger charge is 2.44. The van der Waals surface area contributed by atoms with E-state index in [4.69, 9.17) is 11.6 Å². The standard InChI is InChI=1S/C42H53ClN2O2/c1-6-7-8-15-29-44-35-22-13-11-20-33(35)41(2,3)37(44)27-25-31-18-17-19-32(40(31)43)26-28-38-42(4,5)34-21-12-14-23-36(34)45(38)30-16-9-10-24-39(46)47/h11-14,20-23,25-28H,6-10,15-19,24,29-30H2,1-5H3. The fraction of sp³-hybridized carbons (Fsp3) is 0.476. The number of carboxylic acid groups (broad SMARTS) is 1. The molecule has 3 aliphatic rings. The molecule has 2 aromatic carbocycles. The molecule has 0 fully saturated rings. The number of halogens is 1. The number of carbonyl (C=O) groups is 1. The van der Waals surface area contributed by atoms with Crippen molar-refractivity contribution in [2.75, 3.05) is 18.0 Å². The molecule has 2 heterocycles. The fourth-order valence-electron chi connectivity index (χ4n) is 7.74. The van der Waals surface area contributed by atoms with Crippen molar-refractivity contribution < 1.29 is 14.5 Å². The van der Waals surface area contributed by atoms with E-state index in [0.717, 1.165) is 50.2 Å². The summed E-state index contributed by atoms with van der Waals surface area (Å²) in [5.41, 5.74) is 10.1. The molecule has 0 radical (unpaired) electrons. The lowest BCUT2D eigenvalue weighted by Crippen LogP contribution is -2.28. The number of carbonyl (C=O) groups excluding carboxylic acids is 1. The summed E-state index contributed by atoms with van der Waals surface area (Å²) in [5, 5.41) is 11.8. The lowest BCUT2D eigenvalue weighted by atomic mass is 9.81. The maximum Gasteiger partial charge on any atom is 0.209 e. The zero-order valence-corrected chi connectivity index (χ0v) is 30.0. The Bertz CT molecular complexity index is 1620. The molecule has 0 atom stereocenters. The Hall–Kier alpha value is -3.37. The first-order chi connectivity index (χ1) is 22.6. The molecule has 0 N–H and O–H groups in total. The van der Waals surface area contributed by atoms with E-state index in [1.54, 1.807) is 0 Å². The number of para-hydroxylation sites is 2. The number of benzene rings is 2. The molecule has 5 rings (SSSR count). The molecule has 2 aromatic rings. The number of rotatable bonds is 14. The second-order valence-electron chi connectivity index (χ2n) is 14.5. The average molecular weight is 653 g/mol. The van der Waals surface area contributed by atoms with Gasteiger partial charge in [-0.05, 0) is 87.6 Å². The van der Waals surface area contributed by atoms with E-state index in [1.807, 2.05) is 0 Å². The molecule has 0 saturated heterocycles. The number of anilines is 1. The SMILES string of the molecule is CCCCCC[N+]1=C(/C=C/C2=C(Cl)C(=C/C=C3\N(CCCCCC(=O)[O-])c4ccccc4C3(C)C)/CCC2)C(C)(C)c2ccccc21. The Labute approximate surface area is 288 Å². The van der Waals surface area contributed by atoms with Gasteiger partial charge in [-0.1, -0.05) is 100 Å². The van der Waals surface area contributed by atoms with E-state index in [9.17, 15) is 9.90 Å². The van der Waals surface area contributed by atoms with E-state index in [1.165, 1.54) is 70.7 Å². The van der Waals surface area contributed by atoms with E-state index >= 15 is 0 Å². The van der Waals surface area contributed by atoms with E-state index in [0.29, 0.717) is 6.42 Å². The third kappa shape index (κ3) is 7.54. The molecule has 0 unspecified atom stereocenters. The highest BCUT2D eigenvalue weighted by atomic mass is 35.5. The molecule has 0 spiro atoms. The van der Waals surface area contributed by atoms with Crippen LogP contribution >= 0.6 is 11.6 Å². The number of allylic oxidation sites excluding steroid dienone is 8. The molecule has 47 heavy (non-hydrogen) atoms. The van der Waals surface area contributed by atoms with Gasteiger partial charge in [-0.25, -0.2) is 0 Å². The molecular weight excluding hydrogens is 600 g/mol. The molecule has 250 valence electrons. The molecule has 4 nitrogen and oxygen atoms in total. The smallest absolute Gasteiger partial charge is 0.209 e. The summed E-state index contributed by atoms with van der Waals surface area (Å²) >= 11 is 7.22. The molecule has 0 amide bonds. The van der Waals surface area contributed by atoms with Crippen molar-refractivity contribution in [3.63, 3.8) is 0 Å². The van der Waals surface area contributed by atoms with Gasteiger partial charge >= 0.3 is 0 Å². The quantitative estimate of drug-likeness (QED) is 0.151. The third-order valence-electron chi connectivity index (χ3n) is 10.4. The Morgan fingerprint density at radius 1 is 0.872 bits per heavy atom. The minimum atomic E-state index is -0.966. The largest absolute Gasteiger partial charge is 0.550 e. The van der Waals surface area contributed by atoms with Gasteiger partial charge in [-0.2, -0.15) is 4.58 Å². The molecule has 0 saturated carbocycles. The minimum absolute atomic E-state index is 0.0698. The molecule has 5 heteroatoms. The van der Waals surface area contributed by atoms with Crippen LogP contribution in [0.15, 0.2) is 94.7 Å². The topological polar surface area (TPSA) is 46.4 Å². The number of carboxylic acids is 1. The fourth-order valence-corrected chi connectivity index (χ4v) is 8.06. The monoisotopic (exact) mass is 652 g/mol. The van der Waals surface area contributed by atoms with Gasteiger partial charge in [0.15, 0.2) is 5.71 Å². The lowest BCUT2D eigenvalue weighted by Gasteiger charge is -2.27.